The fourth-order valence-electron chi connectivity index (χ4n) is 2.90. The van der Waals surface area contributed by atoms with E-state index in [2.05, 4.69) is 15.5 Å². The Bertz CT molecular complexity index is 901. The molecule has 2 amide bonds. The number of carbonyl (C=O) groups is 2. The van der Waals surface area contributed by atoms with Crippen LogP contribution in [0.4, 0.5) is 13.2 Å². The van der Waals surface area contributed by atoms with Crippen LogP contribution in [0.3, 0.4) is 0 Å². The third kappa shape index (κ3) is 5.43. The van der Waals surface area contributed by atoms with E-state index in [4.69, 9.17) is 4.74 Å². The summed E-state index contributed by atoms with van der Waals surface area (Å²) < 4.78 is 44.6. The fourth-order valence-corrected chi connectivity index (χ4v) is 3.72. The van der Waals surface area contributed by atoms with Crippen LogP contribution in [-0.4, -0.2) is 57.4 Å². The number of rotatable bonds is 7. The maximum absolute atomic E-state index is 12.9. The summed E-state index contributed by atoms with van der Waals surface area (Å²) >= 11 is 1.40. The number of nitrogens with zero attached hydrogens (tertiary/aromatic N) is 4. The number of fused-ring (bicyclic) bond motifs is 1. The highest BCUT2D eigenvalue weighted by molar-refractivity contribution is 7.99. The van der Waals surface area contributed by atoms with E-state index in [1.165, 1.54) is 16.7 Å². The minimum atomic E-state index is -4.59. The molecule has 2 heterocycles. The highest BCUT2D eigenvalue weighted by atomic mass is 32.2. The van der Waals surface area contributed by atoms with Crippen LogP contribution in [0.15, 0.2) is 24.3 Å². The molecule has 8 nitrogen and oxygen atoms in total. The van der Waals surface area contributed by atoms with Crippen LogP contribution in [0, 0.1) is 0 Å². The Morgan fingerprint density at radius 2 is 1.93 bits per heavy atom. The standard InChI is InChI=1S/C18H20F3N5O3S/c1-29-13-4-2-12(3-5-13)10-30-11-15(27)22-8-16(28)25-6-7-26-14(9-25)23-24-17(26)18(19,20)21/h2-5H,6-11H2,1H3,(H,22,27). The predicted octanol–water partition coefficient (Wildman–Crippen LogP) is 1.70. The van der Waals surface area contributed by atoms with Gasteiger partial charge in [-0.25, -0.2) is 0 Å². The maximum Gasteiger partial charge on any atom is 0.451 e. The van der Waals surface area contributed by atoms with Crippen LogP contribution in [0.1, 0.15) is 17.2 Å². The average Bonchev–Trinajstić information content (AvgIpc) is 3.16. The summed E-state index contributed by atoms with van der Waals surface area (Å²) in [5, 5.41) is 9.25. The van der Waals surface area contributed by atoms with Crippen molar-refractivity contribution in [3.05, 3.63) is 41.5 Å². The number of thioether (sulfide) groups is 1. The molecule has 0 radical (unpaired) electrons. The van der Waals surface area contributed by atoms with Crippen molar-refractivity contribution in [3.8, 4) is 5.75 Å². The summed E-state index contributed by atoms with van der Waals surface area (Å²) in [4.78, 5) is 25.6. The number of halogens is 3. The van der Waals surface area contributed by atoms with E-state index in [0.29, 0.717) is 5.75 Å². The van der Waals surface area contributed by atoms with Crippen LogP contribution in [0.2, 0.25) is 0 Å². The molecule has 30 heavy (non-hydrogen) atoms. The van der Waals surface area contributed by atoms with Gasteiger partial charge in [-0.3, -0.25) is 9.59 Å². The maximum atomic E-state index is 12.9. The van der Waals surface area contributed by atoms with Crippen molar-refractivity contribution in [2.45, 2.75) is 25.0 Å². The number of ether oxygens (including phenoxy) is 1. The topological polar surface area (TPSA) is 89.4 Å². The molecule has 0 aliphatic carbocycles. The van der Waals surface area contributed by atoms with Gasteiger partial charge in [0.05, 0.1) is 26.0 Å². The van der Waals surface area contributed by atoms with Crippen LogP contribution in [0.5, 0.6) is 5.75 Å². The predicted molar refractivity (Wildman–Crippen MR) is 103 cm³/mol. The van der Waals surface area contributed by atoms with Gasteiger partial charge in [0, 0.05) is 18.8 Å². The van der Waals surface area contributed by atoms with Crippen molar-refractivity contribution in [1.29, 1.82) is 0 Å². The molecule has 0 fully saturated rings. The summed E-state index contributed by atoms with van der Waals surface area (Å²) in [6, 6.07) is 7.50. The van der Waals surface area contributed by atoms with Crippen LogP contribution >= 0.6 is 11.8 Å². The Morgan fingerprint density at radius 3 is 2.60 bits per heavy atom. The van der Waals surface area contributed by atoms with Crippen molar-refractivity contribution < 1.29 is 27.5 Å². The molecule has 0 saturated heterocycles. The first-order chi connectivity index (χ1) is 14.3. The molecular formula is C18H20F3N5O3S. The second-order valence-corrected chi connectivity index (χ2v) is 7.51. The van der Waals surface area contributed by atoms with Gasteiger partial charge >= 0.3 is 6.18 Å². The first kappa shape index (κ1) is 21.9. The minimum absolute atomic E-state index is 0.0470. The van der Waals surface area contributed by atoms with Gasteiger partial charge in [-0.2, -0.15) is 13.2 Å². The number of hydrogen-bond acceptors (Lipinski definition) is 6. The molecule has 162 valence electrons. The fraction of sp³-hybridized carbons (Fsp3) is 0.444. The van der Waals surface area contributed by atoms with Gasteiger partial charge in [0.15, 0.2) is 5.82 Å². The molecule has 1 aromatic carbocycles. The smallest absolute Gasteiger partial charge is 0.451 e. The van der Waals surface area contributed by atoms with Crippen LogP contribution in [0.25, 0.3) is 0 Å². The van der Waals surface area contributed by atoms with Gasteiger partial charge in [0.1, 0.15) is 5.75 Å². The minimum Gasteiger partial charge on any atom is -0.497 e. The molecule has 0 spiro atoms. The van der Waals surface area contributed by atoms with Crippen molar-refractivity contribution in [1.82, 2.24) is 25.0 Å². The third-order valence-electron chi connectivity index (χ3n) is 4.46. The van der Waals surface area contributed by atoms with Crippen molar-refractivity contribution >= 4 is 23.6 Å². The van der Waals surface area contributed by atoms with E-state index in [-0.39, 0.29) is 49.6 Å². The molecule has 0 bridgehead atoms. The van der Waals surface area contributed by atoms with Crippen molar-refractivity contribution in [2.75, 3.05) is 26.0 Å². The van der Waals surface area contributed by atoms with E-state index >= 15 is 0 Å². The number of nitrogens with one attached hydrogen (secondary N) is 1. The van der Waals surface area contributed by atoms with E-state index in [1.807, 2.05) is 24.3 Å². The Morgan fingerprint density at radius 1 is 1.20 bits per heavy atom. The normalized spacial score (nSPS) is 13.7. The molecule has 0 atom stereocenters. The Hall–Kier alpha value is -2.76. The van der Waals surface area contributed by atoms with Gasteiger partial charge in [-0.1, -0.05) is 12.1 Å². The second-order valence-electron chi connectivity index (χ2n) is 6.52. The summed E-state index contributed by atoms with van der Waals surface area (Å²) in [7, 11) is 1.59. The molecule has 0 saturated carbocycles. The Labute approximate surface area is 174 Å². The lowest BCUT2D eigenvalue weighted by molar-refractivity contribution is -0.148. The highest BCUT2D eigenvalue weighted by Gasteiger charge is 2.39. The molecule has 12 heteroatoms. The van der Waals surface area contributed by atoms with Gasteiger partial charge in [-0.05, 0) is 17.7 Å². The number of hydrogen-bond donors (Lipinski definition) is 1. The summed E-state index contributed by atoms with van der Waals surface area (Å²) in [5.41, 5.74) is 1.04. The van der Waals surface area contributed by atoms with E-state index < -0.39 is 12.0 Å². The zero-order valence-corrected chi connectivity index (χ0v) is 16.9. The third-order valence-corrected chi connectivity index (χ3v) is 5.46. The number of carbonyl (C=O) groups excluding carboxylic acids is 2. The molecule has 2 aromatic rings. The zero-order valence-electron chi connectivity index (χ0n) is 16.1. The number of methoxy groups -OCH3 is 1. The van der Waals surface area contributed by atoms with Gasteiger partial charge in [-0.15, -0.1) is 22.0 Å². The molecule has 1 N–H and O–H groups in total. The zero-order chi connectivity index (χ0) is 21.7. The molecule has 1 aliphatic heterocycles. The molecular weight excluding hydrogens is 423 g/mol. The lowest BCUT2D eigenvalue weighted by Gasteiger charge is -2.28. The average molecular weight is 443 g/mol. The largest absolute Gasteiger partial charge is 0.497 e. The Balaban J connectivity index is 1.41. The summed E-state index contributed by atoms with van der Waals surface area (Å²) in [6.45, 7) is -0.254. The van der Waals surface area contributed by atoms with Crippen molar-refractivity contribution in [2.24, 2.45) is 0 Å². The quantitative estimate of drug-likeness (QED) is 0.701. The Kier molecular flexibility index (Phi) is 6.85. The van der Waals surface area contributed by atoms with Crippen molar-refractivity contribution in [3.63, 3.8) is 0 Å². The monoisotopic (exact) mass is 443 g/mol. The number of aromatic nitrogens is 3. The number of amides is 2. The lowest BCUT2D eigenvalue weighted by atomic mass is 10.2. The van der Waals surface area contributed by atoms with E-state index in [9.17, 15) is 22.8 Å². The summed E-state index contributed by atoms with van der Waals surface area (Å²) in [5.74, 6) is -0.0922. The van der Waals surface area contributed by atoms with E-state index in [0.717, 1.165) is 15.9 Å². The second kappa shape index (κ2) is 9.37. The van der Waals surface area contributed by atoms with Gasteiger partial charge < -0.3 is 19.5 Å². The lowest BCUT2D eigenvalue weighted by Crippen LogP contribution is -2.44. The molecule has 3 rings (SSSR count). The van der Waals surface area contributed by atoms with Gasteiger partial charge in [0.2, 0.25) is 17.6 Å². The first-order valence-corrected chi connectivity index (χ1v) is 10.2. The SMILES string of the molecule is COc1ccc(CSCC(=O)NCC(=O)N2CCn3c(nnc3C(F)(F)F)C2)cc1. The highest BCUT2D eigenvalue weighted by Crippen LogP contribution is 2.29. The van der Waals surface area contributed by atoms with Crippen LogP contribution in [-0.2, 0) is 34.6 Å². The molecule has 0 unspecified atom stereocenters. The first-order valence-electron chi connectivity index (χ1n) is 9.02. The number of alkyl halides is 3. The molecule has 1 aromatic heterocycles. The van der Waals surface area contributed by atoms with E-state index in [1.54, 1.807) is 7.11 Å². The van der Waals surface area contributed by atoms with Crippen LogP contribution < -0.4 is 10.1 Å². The summed E-state index contributed by atoms with van der Waals surface area (Å²) in [6.07, 6.45) is -4.59. The van der Waals surface area contributed by atoms with Gasteiger partial charge in [0.25, 0.3) is 0 Å². The number of benzene rings is 1. The molecule has 1 aliphatic rings.